The fourth-order valence-corrected chi connectivity index (χ4v) is 1.69. The Hall–Kier alpha value is -0.620. The van der Waals surface area contributed by atoms with E-state index >= 15 is 0 Å². The second-order valence-electron chi connectivity index (χ2n) is 3.32. The highest BCUT2D eigenvalue weighted by Crippen LogP contribution is 2.23. The Morgan fingerprint density at radius 3 is 2.50 bits per heavy atom. The average molecular weight is 170 g/mol. The van der Waals surface area contributed by atoms with Crippen molar-refractivity contribution in [2.75, 3.05) is 13.2 Å². The van der Waals surface area contributed by atoms with Crippen molar-refractivity contribution in [1.29, 1.82) is 5.26 Å². The van der Waals surface area contributed by atoms with Crippen LogP contribution in [0.4, 0.5) is 4.39 Å². The predicted molar refractivity (Wildman–Crippen MR) is 45.3 cm³/mol. The van der Waals surface area contributed by atoms with Crippen molar-refractivity contribution in [3.05, 3.63) is 0 Å². The number of hydrogen-bond donors (Lipinski definition) is 1. The Labute approximate surface area is 72.8 Å². The molecular formula is C9H15FN2. The summed E-state index contributed by atoms with van der Waals surface area (Å²) < 4.78 is 11.8. The van der Waals surface area contributed by atoms with Crippen LogP contribution in [-0.2, 0) is 0 Å². The Kier molecular flexibility index (Phi) is 4.02. The Balaban J connectivity index is 2.14. The van der Waals surface area contributed by atoms with E-state index in [1.54, 1.807) is 0 Å². The van der Waals surface area contributed by atoms with E-state index in [9.17, 15) is 4.39 Å². The molecule has 0 radical (unpaired) electrons. The molecule has 0 amide bonds. The van der Waals surface area contributed by atoms with E-state index in [4.69, 9.17) is 5.26 Å². The van der Waals surface area contributed by atoms with Crippen LogP contribution >= 0.6 is 0 Å². The molecule has 0 aromatic carbocycles. The molecule has 0 heterocycles. The van der Waals surface area contributed by atoms with Crippen molar-refractivity contribution < 1.29 is 4.39 Å². The lowest BCUT2D eigenvalue weighted by atomic mass is 9.87. The minimum Gasteiger partial charge on any atom is -0.311 e. The average Bonchev–Trinajstić information content (AvgIpc) is 2.15. The van der Waals surface area contributed by atoms with Gasteiger partial charge in [-0.3, -0.25) is 0 Å². The van der Waals surface area contributed by atoms with Crippen molar-refractivity contribution in [3.8, 4) is 6.07 Å². The third kappa shape index (κ3) is 2.78. The summed E-state index contributed by atoms with van der Waals surface area (Å²) in [6.07, 6.45) is 4.00. The first-order valence-electron chi connectivity index (χ1n) is 4.55. The molecule has 3 heteroatoms. The van der Waals surface area contributed by atoms with Crippen LogP contribution in [0.15, 0.2) is 0 Å². The Morgan fingerprint density at radius 1 is 1.33 bits per heavy atom. The number of halogens is 1. The van der Waals surface area contributed by atoms with Crippen LogP contribution in [0.25, 0.3) is 0 Å². The van der Waals surface area contributed by atoms with Crippen molar-refractivity contribution >= 4 is 0 Å². The molecule has 1 N–H and O–H groups in total. The second kappa shape index (κ2) is 5.10. The van der Waals surface area contributed by atoms with Gasteiger partial charge in [-0.15, -0.1) is 0 Å². The second-order valence-corrected chi connectivity index (χ2v) is 3.32. The highest BCUT2D eigenvalue weighted by atomic mass is 19.1. The largest absolute Gasteiger partial charge is 0.311 e. The molecule has 0 atom stereocenters. The standard InChI is InChI=1S/C9H15FN2/c10-5-6-12-9-3-1-8(7-11)2-4-9/h8-9,12H,1-6H2. The van der Waals surface area contributed by atoms with Crippen LogP contribution in [-0.4, -0.2) is 19.3 Å². The van der Waals surface area contributed by atoms with Crippen molar-refractivity contribution in [2.45, 2.75) is 31.7 Å². The zero-order valence-electron chi connectivity index (χ0n) is 7.22. The van der Waals surface area contributed by atoms with E-state index < -0.39 is 0 Å². The molecule has 0 aromatic heterocycles. The quantitative estimate of drug-likeness (QED) is 0.698. The maximum atomic E-state index is 11.8. The van der Waals surface area contributed by atoms with Gasteiger partial charge in [-0.05, 0) is 25.7 Å². The maximum Gasteiger partial charge on any atom is 0.102 e. The van der Waals surface area contributed by atoms with E-state index in [0.29, 0.717) is 12.6 Å². The van der Waals surface area contributed by atoms with Gasteiger partial charge in [-0.1, -0.05) is 0 Å². The summed E-state index contributed by atoms with van der Waals surface area (Å²) in [6.45, 7) is 0.167. The minimum absolute atomic E-state index is 0.244. The molecule has 0 unspecified atom stereocenters. The molecule has 1 fully saturated rings. The SMILES string of the molecule is N#CC1CCC(NCCF)CC1. The normalized spacial score (nSPS) is 29.7. The fraction of sp³-hybridized carbons (Fsp3) is 0.889. The molecule has 2 nitrogen and oxygen atoms in total. The van der Waals surface area contributed by atoms with Crippen LogP contribution in [0, 0.1) is 17.2 Å². The summed E-state index contributed by atoms with van der Waals surface area (Å²) in [7, 11) is 0. The van der Waals surface area contributed by atoms with Crippen molar-refractivity contribution in [3.63, 3.8) is 0 Å². The van der Waals surface area contributed by atoms with Crippen molar-refractivity contribution in [2.24, 2.45) is 5.92 Å². The molecule has 0 aromatic rings. The van der Waals surface area contributed by atoms with E-state index in [-0.39, 0.29) is 12.6 Å². The van der Waals surface area contributed by atoms with Gasteiger partial charge in [0.1, 0.15) is 6.67 Å². The smallest absolute Gasteiger partial charge is 0.102 e. The van der Waals surface area contributed by atoms with Gasteiger partial charge in [0.05, 0.1) is 6.07 Å². The van der Waals surface area contributed by atoms with Crippen LogP contribution < -0.4 is 5.32 Å². The molecule has 1 aliphatic rings. The van der Waals surface area contributed by atoms with Crippen LogP contribution in [0.2, 0.25) is 0 Å². The summed E-state index contributed by atoms with van der Waals surface area (Å²) in [5.74, 6) is 0.244. The molecule has 68 valence electrons. The summed E-state index contributed by atoms with van der Waals surface area (Å²) in [5.41, 5.74) is 0. The summed E-state index contributed by atoms with van der Waals surface area (Å²) in [4.78, 5) is 0. The zero-order chi connectivity index (χ0) is 8.81. The molecule has 0 aliphatic heterocycles. The van der Waals surface area contributed by atoms with Gasteiger partial charge in [0, 0.05) is 18.5 Å². The summed E-state index contributed by atoms with van der Waals surface area (Å²) in [5, 5.41) is 11.8. The highest BCUT2D eigenvalue weighted by molar-refractivity contribution is 4.88. The minimum atomic E-state index is -0.293. The molecule has 1 rings (SSSR count). The number of alkyl halides is 1. The van der Waals surface area contributed by atoms with Gasteiger partial charge in [-0.2, -0.15) is 5.26 Å². The topological polar surface area (TPSA) is 35.8 Å². The lowest BCUT2D eigenvalue weighted by molar-refractivity contribution is 0.321. The van der Waals surface area contributed by atoms with E-state index in [2.05, 4.69) is 11.4 Å². The fourth-order valence-electron chi connectivity index (χ4n) is 1.69. The van der Waals surface area contributed by atoms with Gasteiger partial charge in [-0.25, -0.2) is 4.39 Å². The molecule has 1 saturated carbocycles. The number of hydrogen-bond acceptors (Lipinski definition) is 2. The molecule has 1 aliphatic carbocycles. The number of nitrogens with one attached hydrogen (secondary N) is 1. The van der Waals surface area contributed by atoms with E-state index in [1.165, 1.54) is 0 Å². The van der Waals surface area contributed by atoms with Gasteiger partial charge in [0.15, 0.2) is 0 Å². The molecule has 0 spiro atoms. The molecule has 12 heavy (non-hydrogen) atoms. The highest BCUT2D eigenvalue weighted by Gasteiger charge is 2.19. The van der Waals surface area contributed by atoms with Gasteiger partial charge < -0.3 is 5.32 Å². The lowest BCUT2D eigenvalue weighted by Crippen LogP contribution is -2.34. The first-order valence-corrected chi connectivity index (χ1v) is 4.55. The molecule has 0 saturated heterocycles. The van der Waals surface area contributed by atoms with Gasteiger partial charge in [0.25, 0.3) is 0 Å². The van der Waals surface area contributed by atoms with Crippen LogP contribution in [0.3, 0.4) is 0 Å². The van der Waals surface area contributed by atoms with Crippen LogP contribution in [0.5, 0.6) is 0 Å². The van der Waals surface area contributed by atoms with Gasteiger partial charge in [0.2, 0.25) is 0 Å². The lowest BCUT2D eigenvalue weighted by Gasteiger charge is -2.25. The van der Waals surface area contributed by atoms with E-state index in [1.807, 2.05) is 0 Å². The third-order valence-corrected chi connectivity index (χ3v) is 2.44. The van der Waals surface area contributed by atoms with E-state index in [0.717, 1.165) is 25.7 Å². The van der Waals surface area contributed by atoms with Crippen LogP contribution in [0.1, 0.15) is 25.7 Å². The molecule has 0 bridgehead atoms. The van der Waals surface area contributed by atoms with Gasteiger partial charge >= 0.3 is 0 Å². The Morgan fingerprint density at radius 2 is 2.00 bits per heavy atom. The third-order valence-electron chi connectivity index (χ3n) is 2.44. The first-order chi connectivity index (χ1) is 5.86. The summed E-state index contributed by atoms with van der Waals surface area (Å²) >= 11 is 0. The number of rotatable bonds is 3. The number of nitriles is 1. The zero-order valence-corrected chi connectivity index (χ0v) is 7.22. The number of nitrogens with zero attached hydrogens (tertiary/aromatic N) is 1. The maximum absolute atomic E-state index is 11.8. The monoisotopic (exact) mass is 170 g/mol. The van der Waals surface area contributed by atoms with Crippen molar-refractivity contribution in [1.82, 2.24) is 5.32 Å². The molecular weight excluding hydrogens is 155 g/mol. The predicted octanol–water partition coefficient (Wildman–Crippen LogP) is 1.63. The summed E-state index contributed by atoms with van der Waals surface area (Å²) in [6, 6.07) is 2.73. The first kappa shape index (κ1) is 9.47. The Bertz CT molecular complexity index is 156.